The average molecular weight is 517 g/mol. The van der Waals surface area contributed by atoms with Crippen LogP contribution in [0.25, 0.3) is 0 Å². The summed E-state index contributed by atoms with van der Waals surface area (Å²) in [6.45, 7) is 4.16. The van der Waals surface area contributed by atoms with Crippen molar-refractivity contribution < 1.29 is 17.9 Å². The summed E-state index contributed by atoms with van der Waals surface area (Å²) in [6.07, 6.45) is 0. The maximum Gasteiger partial charge on any atom is 0.264 e. The summed E-state index contributed by atoms with van der Waals surface area (Å²) in [7, 11) is -3.95. The van der Waals surface area contributed by atoms with Gasteiger partial charge in [-0.25, -0.2) is 8.42 Å². The van der Waals surface area contributed by atoms with Crippen LogP contribution >= 0.6 is 15.9 Å². The van der Waals surface area contributed by atoms with Crippen molar-refractivity contribution in [2.75, 3.05) is 17.5 Å². The van der Waals surface area contributed by atoms with Crippen molar-refractivity contribution in [2.45, 2.75) is 25.3 Å². The Labute approximate surface area is 197 Å². The van der Waals surface area contributed by atoms with Gasteiger partial charge in [0.15, 0.2) is 0 Å². The molecule has 168 valence electrons. The van der Waals surface area contributed by atoms with E-state index in [1.807, 2.05) is 38.1 Å². The van der Waals surface area contributed by atoms with Crippen molar-refractivity contribution in [3.63, 3.8) is 0 Å². The van der Waals surface area contributed by atoms with Gasteiger partial charge in [-0.15, -0.1) is 0 Å². The van der Waals surface area contributed by atoms with Crippen molar-refractivity contribution >= 4 is 37.5 Å². The van der Waals surface area contributed by atoms with Crippen LogP contribution in [0.3, 0.4) is 0 Å². The third-order valence-electron chi connectivity index (χ3n) is 4.76. The zero-order chi connectivity index (χ0) is 23.1. The monoisotopic (exact) mass is 516 g/mol. The first kappa shape index (κ1) is 23.8. The minimum absolute atomic E-state index is 0.125. The minimum Gasteiger partial charge on any atom is -0.494 e. The molecule has 0 aromatic heterocycles. The van der Waals surface area contributed by atoms with Gasteiger partial charge in [-0.05, 0) is 56.3 Å². The number of halogens is 1. The molecule has 1 N–H and O–H groups in total. The molecule has 3 rings (SSSR count). The average Bonchev–Trinajstić information content (AvgIpc) is 2.78. The Morgan fingerprint density at radius 2 is 1.66 bits per heavy atom. The summed E-state index contributed by atoms with van der Waals surface area (Å²) in [5.74, 6) is 0.266. The van der Waals surface area contributed by atoms with E-state index in [4.69, 9.17) is 4.74 Å². The zero-order valence-corrected chi connectivity index (χ0v) is 20.3. The molecule has 0 aliphatic rings. The maximum absolute atomic E-state index is 13.4. The second-order valence-electron chi connectivity index (χ2n) is 7.12. The lowest BCUT2D eigenvalue weighted by Crippen LogP contribution is -2.40. The van der Waals surface area contributed by atoms with Gasteiger partial charge < -0.3 is 10.1 Å². The SMILES string of the molecule is CCOc1ccccc1CNC(=O)CN(c1ccc(Br)cc1)S(=O)(=O)c1ccc(C)cc1. The van der Waals surface area contributed by atoms with E-state index in [2.05, 4.69) is 21.2 Å². The summed E-state index contributed by atoms with van der Waals surface area (Å²) in [6, 6.07) is 20.8. The van der Waals surface area contributed by atoms with Gasteiger partial charge in [-0.1, -0.05) is 51.8 Å². The number of carbonyl (C=O) groups excluding carboxylic acids is 1. The van der Waals surface area contributed by atoms with Crippen LogP contribution in [0.2, 0.25) is 0 Å². The van der Waals surface area contributed by atoms with Crippen LogP contribution in [0, 0.1) is 6.92 Å². The molecular weight excluding hydrogens is 492 g/mol. The Kier molecular flexibility index (Phi) is 7.93. The van der Waals surface area contributed by atoms with Gasteiger partial charge in [-0.2, -0.15) is 0 Å². The highest BCUT2D eigenvalue weighted by Crippen LogP contribution is 2.25. The largest absolute Gasteiger partial charge is 0.494 e. The van der Waals surface area contributed by atoms with Gasteiger partial charge in [-0.3, -0.25) is 9.10 Å². The number of ether oxygens (including phenoxy) is 1. The normalized spacial score (nSPS) is 11.1. The topological polar surface area (TPSA) is 75.7 Å². The molecule has 0 unspecified atom stereocenters. The van der Waals surface area contributed by atoms with Crippen molar-refractivity contribution in [3.8, 4) is 5.75 Å². The Morgan fingerprint density at radius 3 is 2.31 bits per heavy atom. The molecule has 3 aromatic rings. The standard InChI is InChI=1S/C24H25BrN2O4S/c1-3-31-23-7-5-4-6-19(23)16-26-24(28)17-27(21-12-10-20(25)11-13-21)32(29,30)22-14-8-18(2)9-15-22/h4-15H,3,16-17H2,1-2H3,(H,26,28). The third-order valence-corrected chi connectivity index (χ3v) is 7.08. The van der Waals surface area contributed by atoms with E-state index in [1.54, 1.807) is 48.5 Å². The van der Waals surface area contributed by atoms with Crippen molar-refractivity contribution in [2.24, 2.45) is 0 Å². The van der Waals surface area contributed by atoms with Crippen molar-refractivity contribution in [1.29, 1.82) is 0 Å². The number of nitrogens with zero attached hydrogens (tertiary/aromatic N) is 1. The second-order valence-corrected chi connectivity index (χ2v) is 9.90. The summed E-state index contributed by atoms with van der Waals surface area (Å²) in [5.41, 5.74) is 2.17. The lowest BCUT2D eigenvalue weighted by Gasteiger charge is -2.24. The van der Waals surface area contributed by atoms with Crippen LogP contribution in [0.1, 0.15) is 18.1 Å². The van der Waals surface area contributed by atoms with E-state index in [9.17, 15) is 13.2 Å². The first-order valence-corrected chi connectivity index (χ1v) is 12.4. The molecule has 1 amide bonds. The molecule has 0 radical (unpaired) electrons. The Morgan fingerprint density at radius 1 is 1.00 bits per heavy atom. The predicted octanol–water partition coefficient (Wildman–Crippen LogP) is 4.67. The third kappa shape index (κ3) is 5.89. The Bertz CT molecular complexity index is 1160. The smallest absolute Gasteiger partial charge is 0.264 e. The molecule has 0 atom stereocenters. The molecule has 8 heteroatoms. The van der Waals surface area contributed by atoms with Crippen molar-refractivity contribution in [1.82, 2.24) is 5.32 Å². The van der Waals surface area contributed by atoms with E-state index < -0.39 is 15.9 Å². The molecule has 0 fully saturated rings. The van der Waals surface area contributed by atoms with Gasteiger partial charge in [0.05, 0.1) is 17.2 Å². The fraction of sp³-hybridized carbons (Fsp3) is 0.208. The number of carbonyl (C=O) groups is 1. The van der Waals surface area contributed by atoms with Crippen LogP contribution in [-0.2, 0) is 21.4 Å². The van der Waals surface area contributed by atoms with E-state index >= 15 is 0 Å². The molecule has 0 saturated heterocycles. The molecule has 0 spiro atoms. The first-order chi connectivity index (χ1) is 15.3. The van der Waals surface area contributed by atoms with Crippen LogP contribution in [0.15, 0.2) is 82.2 Å². The van der Waals surface area contributed by atoms with Crippen LogP contribution in [-0.4, -0.2) is 27.5 Å². The van der Waals surface area contributed by atoms with Gasteiger partial charge in [0.25, 0.3) is 10.0 Å². The zero-order valence-electron chi connectivity index (χ0n) is 17.9. The highest BCUT2D eigenvalue weighted by molar-refractivity contribution is 9.10. The molecular formula is C24H25BrN2O4S. The van der Waals surface area contributed by atoms with E-state index in [1.165, 1.54) is 0 Å². The van der Waals surface area contributed by atoms with Gasteiger partial charge in [0, 0.05) is 16.6 Å². The number of aryl methyl sites for hydroxylation is 1. The highest BCUT2D eigenvalue weighted by atomic mass is 79.9. The van der Waals surface area contributed by atoms with Gasteiger partial charge >= 0.3 is 0 Å². The molecule has 3 aromatic carbocycles. The van der Waals surface area contributed by atoms with Crippen LogP contribution < -0.4 is 14.4 Å². The second kappa shape index (κ2) is 10.7. The molecule has 0 aliphatic carbocycles. The molecule has 32 heavy (non-hydrogen) atoms. The van der Waals surface area contributed by atoms with Crippen LogP contribution in [0.5, 0.6) is 5.75 Å². The first-order valence-electron chi connectivity index (χ1n) is 10.1. The highest BCUT2D eigenvalue weighted by Gasteiger charge is 2.27. The Hall–Kier alpha value is -2.84. The predicted molar refractivity (Wildman–Crippen MR) is 129 cm³/mol. The fourth-order valence-corrected chi connectivity index (χ4v) is 4.77. The number of hydrogen-bond acceptors (Lipinski definition) is 4. The quantitative estimate of drug-likeness (QED) is 0.448. The van der Waals surface area contributed by atoms with E-state index in [-0.39, 0.29) is 18.0 Å². The van der Waals surface area contributed by atoms with E-state index in [0.717, 1.165) is 19.9 Å². The summed E-state index contributed by atoms with van der Waals surface area (Å²) in [5, 5.41) is 2.81. The van der Waals surface area contributed by atoms with Crippen LogP contribution in [0.4, 0.5) is 5.69 Å². The Balaban J connectivity index is 1.84. The van der Waals surface area contributed by atoms with Gasteiger partial charge in [0.2, 0.25) is 5.91 Å². The molecule has 0 aliphatic heterocycles. The number of amides is 1. The lowest BCUT2D eigenvalue weighted by molar-refractivity contribution is -0.119. The fourth-order valence-electron chi connectivity index (χ4n) is 3.09. The summed E-state index contributed by atoms with van der Waals surface area (Å²) < 4.78 is 34.3. The number of benzene rings is 3. The number of anilines is 1. The number of nitrogens with one attached hydrogen (secondary N) is 1. The summed E-state index contributed by atoms with van der Waals surface area (Å²) >= 11 is 3.36. The number of sulfonamides is 1. The number of para-hydroxylation sites is 1. The maximum atomic E-state index is 13.4. The molecule has 0 bridgehead atoms. The minimum atomic E-state index is -3.95. The lowest BCUT2D eigenvalue weighted by atomic mass is 10.2. The van der Waals surface area contributed by atoms with E-state index in [0.29, 0.717) is 18.0 Å². The van der Waals surface area contributed by atoms with Crippen molar-refractivity contribution in [3.05, 3.63) is 88.4 Å². The van der Waals surface area contributed by atoms with Gasteiger partial charge in [0.1, 0.15) is 12.3 Å². The summed E-state index contributed by atoms with van der Waals surface area (Å²) in [4.78, 5) is 12.9. The number of rotatable bonds is 9. The molecule has 0 saturated carbocycles. The molecule has 6 nitrogen and oxygen atoms in total. The molecule has 0 heterocycles. The number of hydrogen-bond donors (Lipinski definition) is 1.